The van der Waals surface area contributed by atoms with Crippen LogP contribution in [0.2, 0.25) is 5.02 Å². The number of aromatic amines is 1. The quantitative estimate of drug-likeness (QED) is 0.518. The number of imidazole rings is 1. The average Bonchev–Trinajstić information content (AvgIpc) is 3.01. The highest BCUT2D eigenvalue weighted by Crippen LogP contribution is 2.31. The SMILES string of the molecule is [C-]#[N+]c1nc2c(=O)c(-c3cccc(Cl)c3)c(C)[nH]n2c1-c1ccccc1. The van der Waals surface area contributed by atoms with Gasteiger partial charge in [-0.3, -0.25) is 9.89 Å². The summed E-state index contributed by atoms with van der Waals surface area (Å²) in [6.45, 7) is 9.27. The molecule has 0 unspecified atom stereocenters. The van der Waals surface area contributed by atoms with Gasteiger partial charge in [0.1, 0.15) is 5.69 Å². The maximum atomic E-state index is 13.1. The molecule has 126 valence electrons. The predicted molar refractivity (Wildman–Crippen MR) is 103 cm³/mol. The first kappa shape index (κ1) is 16.1. The number of halogens is 1. The van der Waals surface area contributed by atoms with Gasteiger partial charge in [-0.2, -0.15) is 0 Å². The van der Waals surface area contributed by atoms with Gasteiger partial charge in [-0.15, -0.1) is 0 Å². The molecule has 6 heteroatoms. The Bertz CT molecular complexity index is 1230. The van der Waals surface area contributed by atoms with Crippen molar-refractivity contribution in [3.8, 4) is 22.4 Å². The zero-order chi connectivity index (χ0) is 18.3. The number of rotatable bonds is 2. The van der Waals surface area contributed by atoms with E-state index in [1.807, 2.05) is 43.3 Å². The maximum absolute atomic E-state index is 13.1. The lowest BCUT2D eigenvalue weighted by Gasteiger charge is -2.08. The van der Waals surface area contributed by atoms with Gasteiger partial charge in [0.05, 0.1) is 5.56 Å². The normalized spacial score (nSPS) is 10.8. The molecule has 0 bridgehead atoms. The molecule has 0 aliphatic rings. The Morgan fingerprint density at radius 2 is 1.85 bits per heavy atom. The van der Waals surface area contributed by atoms with Crippen LogP contribution in [0.3, 0.4) is 0 Å². The number of benzene rings is 2. The highest BCUT2D eigenvalue weighted by atomic mass is 35.5. The molecule has 0 fully saturated rings. The van der Waals surface area contributed by atoms with E-state index in [4.69, 9.17) is 18.2 Å². The van der Waals surface area contributed by atoms with Gasteiger partial charge in [-0.25, -0.2) is 4.52 Å². The molecule has 0 spiro atoms. The zero-order valence-corrected chi connectivity index (χ0v) is 14.6. The van der Waals surface area contributed by atoms with E-state index in [0.29, 0.717) is 27.5 Å². The molecule has 2 heterocycles. The first-order valence-electron chi connectivity index (χ1n) is 7.94. The second kappa shape index (κ2) is 6.17. The summed E-state index contributed by atoms with van der Waals surface area (Å²) in [6, 6.07) is 16.6. The Hall–Kier alpha value is -3.36. The van der Waals surface area contributed by atoms with Gasteiger partial charge in [0.2, 0.25) is 0 Å². The molecule has 0 aliphatic heterocycles. The number of nitrogens with zero attached hydrogens (tertiary/aromatic N) is 3. The van der Waals surface area contributed by atoms with Crippen LogP contribution in [-0.4, -0.2) is 14.6 Å². The van der Waals surface area contributed by atoms with Gasteiger partial charge in [-0.05, 0) is 30.2 Å². The minimum Gasteiger partial charge on any atom is -0.359 e. The molecule has 0 amide bonds. The van der Waals surface area contributed by atoms with Crippen LogP contribution >= 0.6 is 11.6 Å². The first-order valence-corrected chi connectivity index (χ1v) is 8.32. The summed E-state index contributed by atoms with van der Waals surface area (Å²) in [5.74, 6) is 0.187. The minimum absolute atomic E-state index is 0.187. The molecule has 0 saturated heterocycles. The third-order valence-electron chi connectivity index (χ3n) is 4.21. The van der Waals surface area contributed by atoms with E-state index >= 15 is 0 Å². The summed E-state index contributed by atoms with van der Waals surface area (Å²) in [7, 11) is 0. The Labute approximate surface area is 154 Å². The van der Waals surface area contributed by atoms with Gasteiger partial charge in [0.15, 0.2) is 0 Å². The molecule has 0 radical (unpaired) electrons. The zero-order valence-electron chi connectivity index (χ0n) is 13.8. The van der Waals surface area contributed by atoms with E-state index in [0.717, 1.165) is 5.56 Å². The van der Waals surface area contributed by atoms with E-state index < -0.39 is 0 Å². The van der Waals surface area contributed by atoms with Crippen molar-refractivity contribution in [3.05, 3.63) is 87.0 Å². The number of aromatic nitrogens is 3. The third kappa shape index (κ3) is 2.48. The van der Waals surface area contributed by atoms with Crippen LogP contribution in [0, 0.1) is 13.5 Å². The molecule has 26 heavy (non-hydrogen) atoms. The lowest BCUT2D eigenvalue weighted by molar-refractivity contribution is 0.903. The second-order valence-corrected chi connectivity index (χ2v) is 6.31. The topological polar surface area (TPSA) is 54.5 Å². The summed E-state index contributed by atoms with van der Waals surface area (Å²) < 4.78 is 1.59. The van der Waals surface area contributed by atoms with Crippen molar-refractivity contribution in [3.63, 3.8) is 0 Å². The predicted octanol–water partition coefficient (Wildman–Crippen LogP) is 4.87. The molecule has 5 nitrogen and oxygen atoms in total. The Morgan fingerprint density at radius 3 is 2.54 bits per heavy atom. The molecule has 4 rings (SSSR count). The highest BCUT2D eigenvalue weighted by Gasteiger charge is 2.22. The van der Waals surface area contributed by atoms with Crippen LogP contribution in [0.1, 0.15) is 5.69 Å². The fraction of sp³-hybridized carbons (Fsp3) is 0.0500. The summed E-state index contributed by atoms with van der Waals surface area (Å²) in [4.78, 5) is 20.9. The summed E-state index contributed by atoms with van der Waals surface area (Å²) in [5.41, 5.74) is 3.24. The largest absolute Gasteiger partial charge is 0.359 e. The van der Waals surface area contributed by atoms with Gasteiger partial charge >= 0.3 is 0 Å². The van der Waals surface area contributed by atoms with Crippen molar-refractivity contribution in [1.29, 1.82) is 0 Å². The second-order valence-electron chi connectivity index (χ2n) is 5.87. The monoisotopic (exact) mass is 360 g/mol. The number of hydrogen-bond acceptors (Lipinski definition) is 2. The lowest BCUT2D eigenvalue weighted by atomic mass is 10.0. The first-order chi connectivity index (χ1) is 12.6. The molecule has 0 atom stereocenters. The van der Waals surface area contributed by atoms with E-state index in [-0.39, 0.29) is 16.9 Å². The fourth-order valence-electron chi connectivity index (χ4n) is 3.10. The summed E-state index contributed by atoms with van der Waals surface area (Å²) >= 11 is 6.08. The van der Waals surface area contributed by atoms with Crippen LogP contribution < -0.4 is 5.43 Å². The van der Waals surface area contributed by atoms with Gasteiger partial charge in [0, 0.05) is 10.7 Å². The molecular weight excluding hydrogens is 348 g/mol. The fourth-order valence-corrected chi connectivity index (χ4v) is 3.29. The number of aryl methyl sites for hydroxylation is 1. The van der Waals surface area contributed by atoms with Crippen LogP contribution in [0.5, 0.6) is 0 Å². The molecule has 2 aromatic heterocycles. The standard InChI is InChI=1S/C20H13ClN4O/c1-12-16(14-9-6-10-15(21)11-14)18(26)20-23-19(22-2)17(25(20)24-12)13-7-4-3-5-8-13/h3-11,24H,1H3. The Balaban J connectivity index is 2.08. The van der Waals surface area contributed by atoms with Crippen LogP contribution in [0.4, 0.5) is 5.82 Å². The van der Waals surface area contributed by atoms with E-state index in [2.05, 4.69) is 14.9 Å². The molecule has 0 saturated carbocycles. The van der Waals surface area contributed by atoms with Crippen molar-refractivity contribution >= 4 is 23.1 Å². The van der Waals surface area contributed by atoms with Crippen molar-refractivity contribution in [2.24, 2.45) is 0 Å². The van der Waals surface area contributed by atoms with Crippen LogP contribution in [0.25, 0.3) is 32.9 Å². The van der Waals surface area contributed by atoms with Crippen molar-refractivity contribution < 1.29 is 0 Å². The van der Waals surface area contributed by atoms with Gasteiger partial charge in [-0.1, -0.05) is 65.6 Å². The number of H-pyrrole nitrogens is 1. The smallest absolute Gasteiger partial charge is 0.298 e. The third-order valence-corrected chi connectivity index (χ3v) is 4.45. The summed E-state index contributed by atoms with van der Waals surface area (Å²) in [6.07, 6.45) is 0. The van der Waals surface area contributed by atoms with E-state index in [9.17, 15) is 4.79 Å². The van der Waals surface area contributed by atoms with Gasteiger partial charge in [0.25, 0.3) is 16.9 Å². The molecule has 2 aromatic carbocycles. The van der Waals surface area contributed by atoms with Crippen LogP contribution in [0.15, 0.2) is 59.4 Å². The van der Waals surface area contributed by atoms with Crippen molar-refractivity contribution in [2.45, 2.75) is 6.92 Å². The Kier molecular flexibility index (Phi) is 3.83. The summed E-state index contributed by atoms with van der Waals surface area (Å²) in [5, 5.41) is 3.76. The molecule has 4 aromatic rings. The van der Waals surface area contributed by atoms with E-state index in [1.165, 1.54) is 0 Å². The minimum atomic E-state index is -0.240. The molecular formula is C20H13ClN4O. The number of nitrogens with one attached hydrogen (secondary N) is 1. The highest BCUT2D eigenvalue weighted by molar-refractivity contribution is 6.30. The average molecular weight is 361 g/mol. The van der Waals surface area contributed by atoms with Crippen molar-refractivity contribution in [1.82, 2.24) is 14.6 Å². The van der Waals surface area contributed by atoms with Crippen molar-refractivity contribution in [2.75, 3.05) is 0 Å². The number of hydrogen-bond donors (Lipinski definition) is 1. The molecule has 0 aliphatic carbocycles. The lowest BCUT2D eigenvalue weighted by Crippen LogP contribution is -2.14. The van der Waals surface area contributed by atoms with Gasteiger partial charge < -0.3 is 4.85 Å². The molecule has 1 N–H and O–H groups in total. The van der Waals surface area contributed by atoms with Crippen LogP contribution in [-0.2, 0) is 0 Å². The number of fused-ring (bicyclic) bond motifs is 1. The van der Waals surface area contributed by atoms with E-state index in [1.54, 1.807) is 22.7 Å². The Morgan fingerprint density at radius 1 is 1.12 bits per heavy atom. The maximum Gasteiger partial charge on any atom is 0.298 e.